The molecule has 11 aromatic rings. The molecule has 8 heteroatoms. The molecule has 0 spiro atoms. The van der Waals surface area contributed by atoms with Crippen LogP contribution in [0.1, 0.15) is 0 Å². The van der Waals surface area contributed by atoms with Crippen LogP contribution in [0.3, 0.4) is 0 Å². The standard InChI is InChI=1S/C32H12N4O2S2/c37-29-19-7-3-15-16-4-8-20-26-18(28-34-22-10-12-40-32(22)36(28)30(20)38)6-2-14(24(16)26)13-1-5-17(25(19)23(13)15)27-33-21-9-11-39-31(21)35(27)29/h1-12H. The minimum absolute atomic E-state index is 0.0374. The highest BCUT2D eigenvalue weighted by Gasteiger charge is 2.24. The molecule has 6 heterocycles. The van der Waals surface area contributed by atoms with Crippen LogP contribution in [0.25, 0.3) is 96.6 Å². The molecule has 0 atom stereocenters. The van der Waals surface area contributed by atoms with Gasteiger partial charge in [-0.15, -0.1) is 22.7 Å². The molecule has 11 rings (SSSR count). The molecule has 0 bridgehead atoms. The number of hydrogen-bond donors (Lipinski definition) is 0. The Kier molecular flexibility index (Phi) is 3.15. The van der Waals surface area contributed by atoms with E-state index in [1.807, 2.05) is 35.0 Å². The lowest BCUT2D eigenvalue weighted by molar-refractivity contribution is 1.20. The third-order valence-electron chi connectivity index (χ3n) is 8.78. The summed E-state index contributed by atoms with van der Waals surface area (Å²) in [7, 11) is 0. The van der Waals surface area contributed by atoms with Crippen molar-refractivity contribution in [3.8, 4) is 0 Å². The molecule has 6 nitrogen and oxygen atoms in total. The van der Waals surface area contributed by atoms with Gasteiger partial charge in [0.1, 0.15) is 32.0 Å². The van der Waals surface area contributed by atoms with Crippen LogP contribution in [0.15, 0.2) is 81.0 Å². The quantitative estimate of drug-likeness (QED) is 0.147. The predicted molar refractivity (Wildman–Crippen MR) is 166 cm³/mol. The summed E-state index contributed by atoms with van der Waals surface area (Å²) in [6, 6.07) is 20.5. The fourth-order valence-electron chi connectivity index (χ4n) is 7.21. The van der Waals surface area contributed by atoms with Crippen LogP contribution < -0.4 is 11.1 Å². The Morgan fingerprint density at radius 3 is 1.23 bits per heavy atom. The number of hydrogen-bond acceptors (Lipinski definition) is 6. The summed E-state index contributed by atoms with van der Waals surface area (Å²) < 4.78 is 3.53. The first kappa shape index (κ1) is 20.0. The lowest BCUT2D eigenvalue weighted by atomic mass is 9.86. The number of pyridine rings is 2. The minimum Gasteiger partial charge on any atom is -0.268 e. The Balaban J connectivity index is 1.43. The molecule has 0 fully saturated rings. The van der Waals surface area contributed by atoms with Gasteiger partial charge in [-0.05, 0) is 79.5 Å². The Morgan fingerprint density at radius 2 is 0.800 bits per heavy atom. The van der Waals surface area contributed by atoms with Crippen molar-refractivity contribution in [1.29, 1.82) is 0 Å². The second-order valence-electron chi connectivity index (χ2n) is 10.5. The Hall–Kier alpha value is -4.92. The van der Waals surface area contributed by atoms with E-state index in [1.54, 1.807) is 8.80 Å². The van der Waals surface area contributed by atoms with Crippen molar-refractivity contribution in [2.45, 2.75) is 0 Å². The zero-order valence-electron chi connectivity index (χ0n) is 20.4. The molecule has 40 heavy (non-hydrogen) atoms. The Labute approximate surface area is 229 Å². The van der Waals surface area contributed by atoms with E-state index in [2.05, 4.69) is 36.4 Å². The monoisotopic (exact) mass is 548 g/mol. The number of aromatic nitrogens is 4. The predicted octanol–water partition coefficient (Wildman–Crippen LogP) is 7.36. The van der Waals surface area contributed by atoms with Crippen molar-refractivity contribution >= 4 is 119 Å². The van der Waals surface area contributed by atoms with Gasteiger partial charge in [0, 0.05) is 32.3 Å². The van der Waals surface area contributed by atoms with Crippen LogP contribution in [0, 0.1) is 0 Å². The molecule has 0 radical (unpaired) electrons. The third kappa shape index (κ3) is 1.98. The molecule has 184 valence electrons. The summed E-state index contributed by atoms with van der Waals surface area (Å²) in [6.45, 7) is 0. The maximum absolute atomic E-state index is 13.9. The summed E-state index contributed by atoms with van der Waals surface area (Å²) >= 11 is 3.08. The topological polar surface area (TPSA) is 68.7 Å². The highest BCUT2D eigenvalue weighted by Crippen LogP contribution is 2.45. The first-order valence-electron chi connectivity index (χ1n) is 12.9. The summed E-state index contributed by atoms with van der Waals surface area (Å²) in [5, 5.41) is 15.6. The van der Waals surface area contributed by atoms with Crippen molar-refractivity contribution < 1.29 is 0 Å². The van der Waals surface area contributed by atoms with Gasteiger partial charge in [0.2, 0.25) is 0 Å². The van der Waals surface area contributed by atoms with Crippen molar-refractivity contribution in [2.24, 2.45) is 0 Å². The number of nitrogens with zero attached hydrogens (tertiary/aromatic N) is 4. The van der Waals surface area contributed by atoms with Crippen LogP contribution in [-0.2, 0) is 0 Å². The molecular formula is C32H12N4O2S2. The average molecular weight is 549 g/mol. The highest BCUT2D eigenvalue weighted by molar-refractivity contribution is 7.17. The van der Waals surface area contributed by atoms with Gasteiger partial charge in [-0.25, -0.2) is 18.8 Å². The molecule has 0 N–H and O–H groups in total. The second kappa shape index (κ2) is 6.28. The van der Waals surface area contributed by atoms with E-state index >= 15 is 0 Å². The normalized spacial score (nSPS) is 13.2. The summed E-state index contributed by atoms with van der Waals surface area (Å²) in [4.78, 5) is 39.2. The minimum atomic E-state index is -0.0374. The van der Waals surface area contributed by atoms with Gasteiger partial charge >= 0.3 is 0 Å². The largest absolute Gasteiger partial charge is 0.268 e. The maximum atomic E-state index is 13.9. The zero-order chi connectivity index (χ0) is 26.0. The van der Waals surface area contributed by atoms with E-state index in [4.69, 9.17) is 9.97 Å². The van der Waals surface area contributed by atoms with E-state index in [9.17, 15) is 9.59 Å². The first-order valence-corrected chi connectivity index (χ1v) is 14.7. The summed E-state index contributed by atoms with van der Waals surface area (Å²) in [5.41, 5.74) is 3.03. The number of rotatable bonds is 0. The Bertz CT molecular complexity index is 2810. The van der Waals surface area contributed by atoms with Crippen LogP contribution in [0.5, 0.6) is 0 Å². The number of thiophene rings is 2. The third-order valence-corrected chi connectivity index (χ3v) is 10.6. The summed E-state index contributed by atoms with van der Waals surface area (Å²) in [6.07, 6.45) is 0. The average Bonchev–Trinajstić information content (AvgIpc) is 3.75. The smallest absolute Gasteiger partial charge is 0.265 e. The van der Waals surface area contributed by atoms with Gasteiger partial charge in [0.15, 0.2) is 0 Å². The molecule has 0 saturated heterocycles. The number of benzene rings is 5. The van der Waals surface area contributed by atoms with Gasteiger partial charge < -0.3 is 0 Å². The molecular weight excluding hydrogens is 537 g/mol. The SMILES string of the molecule is O=c1c2ccc3c4ccc5c(=O)n6c(nc7ccsc76)c6ccc(c7ccc(c2c37)c2nc3ccsc3n12)c4c56. The van der Waals surface area contributed by atoms with Gasteiger partial charge in [-0.1, -0.05) is 24.3 Å². The number of fused-ring (bicyclic) bond motifs is 10. The van der Waals surface area contributed by atoms with Crippen molar-refractivity contribution in [3.05, 3.63) is 92.1 Å². The van der Waals surface area contributed by atoms with Crippen LogP contribution in [0.4, 0.5) is 0 Å². The van der Waals surface area contributed by atoms with E-state index < -0.39 is 0 Å². The fourth-order valence-corrected chi connectivity index (χ4v) is 8.88. The van der Waals surface area contributed by atoms with Gasteiger partial charge in [0.05, 0.1) is 0 Å². The highest BCUT2D eigenvalue weighted by atomic mass is 32.1. The fraction of sp³-hybridized carbons (Fsp3) is 0. The first-order chi connectivity index (χ1) is 19.7. The van der Waals surface area contributed by atoms with E-state index in [0.717, 1.165) is 74.6 Å². The molecule has 0 aliphatic heterocycles. The maximum Gasteiger partial charge on any atom is 0.265 e. The van der Waals surface area contributed by atoms with Crippen molar-refractivity contribution in [1.82, 2.24) is 18.8 Å². The molecule has 0 unspecified atom stereocenters. The lowest BCUT2D eigenvalue weighted by Crippen LogP contribution is -2.13. The van der Waals surface area contributed by atoms with Crippen molar-refractivity contribution in [2.75, 3.05) is 0 Å². The van der Waals surface area contributed by atoms with Gasteiger partial charge in [0.25, 0.3) is 11.1 Å². The second-order valence-corrected chi connectivity index (χ2v) is 12.3. The van der Waals surface area contributed by atoms with E-state index in [-0.39, 0.29) is 11.1 Å². The zero-order valence-corrected chi connectivity index (χ0v) is 22.0. The van der Waals surface area contributed by atoms with Crippen LogP contribution >= 0.6 is 22.7 Å². The molecule has 0 aliphatic rings. The molecule has 5 aromatic carbocycles. The van der Waals surface area contributed by atoms with E-state index in [1.165, 1.54) is 22.7 Å². The molecule has 6 aromatic heterocycles. The molecule has 0 amide bonds. The summed E-state index contributed by atoms with van der Waals surface area (Å²) in [5.74, 6) is 0. The van der Waals surface area contributed by atoms with Crippen molar-refractivity contribution in [3.63, 3.8) is 0 Å². The van der Waals surface area contributed by atoms with E-state index in [0.29, 0.717) is 22.1 Å². The lowest BCUT2D eigenvalue weighted by Gasteiger charge is -2.18. The van der Waals surface area contributed by atoms with Gasteiger partial charge in [-0.3, -0.25) is 9.59 Å². The number of imidazole rings is 2. The van der Waals surface area contributed by atoms with Crippen LogP contribution in [-0.4, -0.2) is 18.8 Å². The van der Waals surface area contributed by atoms with Crippen LogP contribution in [0.2, 0.25) is 0 Å². The Morgan fingerprint density at radius 1 is 0.450 bits per heavy atom. The molecule has 0 aliphatic carbocycles. The molecule has 0 saturated carbocycles. The van der Waals surface area contributed by atoms with Gasteiger partial charge in [-0.2, -0.15) is 0 Å².